The molecule has 0 heterocycles. The van der Waals surface area contributed by atoms with Crippen molar-refractivity contribution in [2.45, 2.75) is 72.1 Å². The summed E-state index contributed by atoms with van der Waals surface area (Å²) in [6, 6.07) is 0. The Bertz CT molecular complexity index is 219. The van der Waals surface area contributed by atoms with E-state index in [1.165, 1.54) is 51.4 Å². The molecule has 2 heteroatoms. The lowest BCUT2D eigenvalue weighted by molar-refractivity contribution is 0.0621. The van der Waals surface area contributed by atoms with Gasteiger partial charge in [-0.25, -0.2) is 0 Å². The molecular weight excluding hydrogens is 300 g/mol. The predicted molar refractivity (Wildman–Crippen MR) is 88.0 cm³/mol. The van der Waals surface area contributed by atoms with Crippen molar-refractivity contribution >= 4 is 15.9 Å². The molecular formula is C17H33BrO. The van der Waals surface area contributed by atoms with Crippen molar-refractivity contribution in [3.63, 3.8) is 0 Å². The van der Waals surface area contributed by atoms with Gasteiger partial charge in [0.2, 0.25) is 0 Å². The molecule has 0 aromatic heterocycles. The van der Waals surface area contributed by atoms with Crippen LogP contribution in [0.2, 0.25) is 0 Å². The maximum Gasteiger partial charge on any atom is 0.0488 e. The summed E-state index contributed by atoms with van der Waals surface area (Å²) in [4.78, 5) is 0. The Morgan fingerprint density at radius 3 is 2.47 bits per heavy atom. The molecule has 0 aliphatic heterocycles. The van der Waals surface area contributed by atoms with Crippen LogP contribution >= 0.6 is 15.9 Å². The van der Waals surface area contributed by atoms with Crippen molar-refractivity contribution in [2.75, 3.05) is 18.5 Å². The summed E-state index contributed by atoms with van der Waals surface area (Å²) in [5.74, 6) is 1.66. The van der Waals surface area contributed by atoms with Crippen LogP contribution in [0.5, 0.6) is 0 Å². The van der Waals surface area contributed by atoms with Crippen LogP contribution < -0.4 is 0 Å². The lowest BCUT2D eigenvalue weighted by Crippen LogP contribution is -2.30. The van der Waals surface area contributed by atoms with Crippen LogP contribution in [0.15, 0.2) is 0 Å². The molecule has 19 heavy (non-hydrogen) atoms. The second kappa shape index (κ2) is 9.39. The monoisotopic (exact) mass is 332 g/mol. The maximum absolute atomic E-state index is 5.80. The number of hydrogen-bond donors (Lipinski definition) is 0. The Balaban J connectivity index is 2.25. The molecule has 0 aromatic carbocycles. The van der Waals surface area contributed by atoms with Crippen LogP contribution in [-0.2, 0) is 4.74 Å². The molecule has 1 aliphatic rings. The summed E-state index contributed by atoms with van der Waals surface area (Å²) in [5, 5.41) is 1.16. The standard InChI is InChI=1S/C17H33BrO/c1-4-5-6-16-7-9-17(14-18,10-8-16)11-12-19-13-15(2)3/h15-16H,4-14H2,1-3H3. The zero-order valence-corrected chi connectivity index (χ0v) is 14.8. The summed E-state index contributed by atoms with van der Waals surface area (Å²) < 4.78 is 5.80. The third-order valence-electron chi connectivity index (χ3n) is 4.64. The van der Waals surface area contributed by atoms with Gasteiger partial charge in [0.25, 0.3) is 0 Å². The van der Waals surface area contributed by atoms with Crippen molar-refractivity contribution in [3.05, 3.63) is 0 Å². The molecule has 0 spiro atoms. The van der Waals surface area contributed by atoms with Gasteiger partial charge in [-0.05, 0) is 49.4 Å². The van der Waals surface area contributed by atoms with E-state index >= 15 is 0 Å². The van der Waals surface area contributed by atoms with Crippen molar-refractivity contribution in [1.29, 1.82) is 0 Å². The number of hydrogen-bond acceptors (Lipinski definition) is 1. The second-order valence-corrected chi connectivity index (χ2v) is 7.50. The molecule has 0 unspecified atom stereocenters. The summed E-state index contributed by atoms with van der Waals surface area (Å²) in [7, 11) is 0. The molecule has 0 atom stereocenters. The topological polar surface area (TPSA) is 9.23 Å². The highest BCUT2D eigenvalue weighted by molar-refractivity contribution is 9.09. The Labute approximate surface area is 129 Å². The Morgan fingerprint density at radius 2 is 1.95 bits per heavy atom. The number of alkyl halides is 1. The Morgan fingerprint density at radius 1 is 1.26 bits per heavy atom. The van der Waals surface area contributed by atoms with Crippen LogP contribution in [0.3, 0.4) is 0 Å². The van der Waals surface area contributed by atoms with Gasteiger partial charge in [-0.3, -0.25) is 0 Å². The summed E-state index contributed by atoms with van der Waals surface area (Å²) in [6.45, 7) is 8.61. The highest BCUT2D eigenvalue weighted by atomic mass is 79.9. The minimum absolute atomic E-state index is 0.527. The fourth-order valence-corrected chi connectivity index (χ4v) is 3.97. The fraction of sp³-hybridized carbons (Fsp3) is 1.00. The Kier molecular flexibility index (Phi) is 8.64. The van der Waals surface area contributed by atoms with Crippen LogP contribution in [0.25, 0.3) is 0 Å². The molecule has 0 N–H and O–H groups in total. The van der Waals surface area contributed by atoms with Crippen molar-refractivity contribution in [3.8, 4) is 0 Å². The molecule has 1 aliphatic carbocycles. The van der Waals surface area contributed by atoms with E-state index in [4.69, 9.17) is 4.74 Å². The van der Waals surface area contributed by atoms with Gasteiger partial charge in [-0.15, -0.1) is 0 Å². The number of ether oxygens (including phenoxy) is 1. The van der Waals surface area contributed by atoms with Gasteiger partial charge in [-0.1, -0.05) is 56.0 Å². The van der Waals surface area contributed by atoms with E-state index in [0.29, 0.717) is 11.3 Å². The minimum Gasteiger partial charge on any atom is -0.381 e. The minimum atomic E-state index is 0.527. The van der Waals surface area contributed by atoms with Crippen LogP contribution in [-0.4, -0.2) is 18.5 Å². The lowest BCUT2D eigenvalue weighted by atomic mass is 9.69. The third-order valence-corrected chi connectivity index (χ3v) is 5.83. The van der Waals surface area contributed by atoms with Crippen LogP contribution in [0.1, 0.15) is 72.1 Å². The zero-order valence-electron chi connectivity index (χ0n) is 13.2. The molecule has 1 rings (SSSR count). The normalized spacial score (nSPS) is 27.9. The number of halogens is 1. The van der Waals surface area contributed by atoms with E-state index in [1.807, 2.05) is 0 Å². The third kappa shape index (κ3) is 6.62. The first-order valence-electron chi connectivity index (χ1n) is 8.25. The van der Waals surface area contributed by atoms with Crippen LogP contribution in [0.4, 0.5) is 0 Å². The molecule has 114 valence electrons. The van der Waals surface area contributed by atoms with Crippen LogP contribution in [0, 0.1) is 17.3 Å². The molecule has 0 bridgehead atoms. The molecule has 0 amide bonds. The average molecular weight is 333 g/mol. The van der Waals surface area contributed by atoms with Gasteiger partial charge < -0.3 is 4.74 Å². The van der Waals surface area contributed by atoms with E-state index in [9.17, 15) is 0 Å². The summed E-state index contributed by atoms with van der Waals surface area (Å²) in [5.41, 5.74) is 0.527. The highest BCUT2D eigenvalue weighted by Gasteiger charge is 2.33. The van der Waals surface area contributed by atoms with E-state index in [2.05, 4.69) is 36.7 Å². The molecule has 0 saturated heterocycles. The quantitative estimate of drug-likeness (QED) is 0.382. The van der Waals surface area contributed by atoms with E-state index < -0.39 is 0 Å². The first-order chi connectivity index (χ1) is 9.12. The average Bonchev–Trinajstić information content (AvgIpc) is 2.42. The van der Waals surface area contributed by atoms with E-state index in [0.717, 1.165) is 24.5 Å². The van der Waals surface area contributed by atoms with Crippen molar-refractivity contribution < 1.29 is 4.74 Å². The molecule has 1 nitrogen and oxygen atoms in total. The first kappa shape index (κ1) is 17.5. The zero-order chi connectivity index (χ0) is 14.1. The number of rotatable bonds is 9. The van der Waals surface area contributed by atoms with Gasteiger partial charge in [-0.2, -0.15) is 0 Å². The van der Waals surface area contributed by atoms with Crippen molar-refractivity contribution in [1.82, 2.24) is 0 Å². The summed E-state index contributed by atoms with van der Waals surface area (Å²) in [6.07, 6.45) is 11.2. The predicted octanol–water partition coefficient (Wildman–Crippen LogP) is 5.81. The van der Waals surface area contributed by atoms with E-state index in [1.54, 1.807) is 0 Å². The molecule has 1 fully saturated rings. The smallest absolute Gasteiger partial charge is 0.0488 e. The van der Waals surface area contributed by atoms with E-state index in [-0.39, 0.29) is 0 Å². The van der Waals surface area contributed by atoms with Gasteiger partial charge in [0.15, 0.2) is 0 Å². The highest BCUT2D eigenvalue weighted by Crippen LogP contribution is 2.44. The van der Waals surface area contributed by atoms with Gasteiger partial charge in [0, 0.05) is 18.5 Å². The summed E-state index contributed by atoms with van der Waals surface area (Å²) >= 11 is 3.77. The van der Waals surface area contributed by atoms with Gasteiger partial charge in [0.05, 0.1) is 0 Å². The number of unbranched alkanes of at least 4 members (excludes halogenated alkanes) is 1. The SMILES string of the molecule is CCCCC1CCC(CBr)(CCOCC(C)C)CC1. The molecule has 1 saturated carbocycles. The van der Waals surface area contributed by atoms with Gasteiger partial charge >= 0.3 is 0 Å². The first-order valence-corrected chi connectivity index (χ1v) is 9.38. The molecule has 0 radical (unpaired) electrons. The largest absolute Gasteiger partial charge is 0.381 e. The van der Waals surface area contributed by atoms with Crippen molar-refractivity contribution in [2.24, 2.45) is 17.3 Å². The lowest BCUT2D eigenvalue weighted by Gasteiger charge is -2.39. The van der Waals surface area contributed by atoms with Gasteiger partial charge in [0.1, 0.15) is 0 Å². The molecule has 0 aromatic rings. The fourth-order valence-electron chi connectivity index (χ4n) is 3.13. The second-order valence-electron chi connectivity index (χ2n) is 6.94. The Hall–Kier alpha value is 0.440. The maximum atomic E-state index is 5.80.